The molecule has 2 N–H and O–H groups in total. The summed E-state index contributed by atoms with van der Waals surface area (Å²) in [7, 11) is 0. The molecule has 0 aromatic heterocycles. The van der Waals surface area contributed by atoms with Crippen LogP contribution in [-0.4, -0.2) is 55.1 Å². The van der Waals surface area contributed by atoms with Crippen molar-refractivity contribution >= 4 is 17.7 Å². The maximum Gasteiger partial charge on any atom is 0.252 e. The molecule has 1 saturated heterocycles. The number of piperidine rings is 1. The lowest BCUT2D eigenvalue weighted by atomic mass is 9.88. The van der Waals surface area contributed by atoms with Gasteiger partial charge in [-0.15, -0.1) is 0 Å². The first-order chi connectivity index (χ1) is 13.5. The van der Waals surface area contributed by atoms with Crippen LogP contribution in [0.2, 0.25) is 0 Å². The molecule has 0 saturated carbocycles. The molecule has 0 unspecified atom stereocenters. The minimum absolute atomic E-state index is 0.0228. The number of carbonyl (C=O) groups is 3. The Kier molecular flexibility index (Phi) is 6.38. The van der Waals surface area contributed by atoms with Gasteiger partial charge in [-0.2, -0.15) is 0 Å². The molecule has 1 atom stereocenters. The minimum atomic E-state index is -0.640. The highest BCUT2D eigenvalue weighted by Gasteiger charge is 2.33. The number of nitrogens with one attached hydrogen (secondary N) is 2. The molecule has 8 nitrogen and oxygen atoms in total. The molecule has 3 amide bonds. The van der Waals surface area contributed by atoms with Crippen molar-refractivity contribution in [2.24, 2.45) is 5.92 Å². The molecule has 28 heavy (non-hydrogen) atoms. The monoisotopic (exact) mass is 389 g/mol. The number of fused-ring (bicyclic) bond motifs is 1. The fourth-order valence-electron chi connectivity index (χ4n) is 3.57. The summed E-state index contributed by atoms with van der Waals surface area (Å²) in [5, 5.41) is 5.78. The van der Waals surface area contributed by atoms with Gasteiger partial charge in [-0.05, 0) is 43.4 Å². The highest BCUT2D eigenvalue weighted by molar-refractivity contribution is 5.98. The molecule has 3 rings (SSSR count). The molecular formula is C20H27N3O5. The van der Waals surface area contributed by atoms with Crippen molar-refractivity contribution in [3.63, 3.8) is 0 Å². The van der Waals surface area contributed by atoms with E-state index in [9.17, 15) is 14.4 Å². The summed E-state index contributed by atoms with van der Waals surface area (Å²) in [5.41, 5.74) is 0.415. The molecule has 2 aliphatic heterocycles. The highest BCUT2D eigenvalue weighted by atomic mass is 16.7. The third-order valence-corrected chi connectivity index (χ3v) is 5.21. The highest BCUT2D eigenvalue weighted by Crippen LogP contribution is 2.32. The molecular weight excluding hydrogens is 362 g/mol. The van der Waals surface area contributed by atoms with Gasteiger partial charge in [-0.1, -0.05) is 6.92 Å². The van der Waals surface area contributed by atoms with Gasteiger partial charge in [0.15, 0.2) is 11.5 Å². The average molecular weight is 389 g/mol. The van der Waals surface area contributed by atoms with Gasteiger partial charge in [0, 0.05) is 32.1 Å². The first kappa shape index (κ1) is 20.0. The van der Waals surface area contributed by atoms with E-state index in [-0.39, 0.29) is 30.4 Å². The largest absolute Gasteiger partial charge is 0.454 e. The first-order valence-corrected chi connectivity index (χ1v) is 9.73. The number of ether oxygens (including phenoxy) is 2. The molecule has 0 aliphatic carbocycles. The lowest BCUT2D eigenvalue weighted by molar-refractivity contribution is -0.130. The van der Waals surface area contributed by atoms with Gasteiger partial charge in [0.2, 0.25) is 18.6 Å². The number of carbonyl (C=O) groups excluding carboxylic acids is 3. The second-order valence-corrected chi connectivity index (χ2v) is 7.15. The van der Waals surface area contributed by atoms with Gasteiger partial charge >= 0.3 is 0 Å². The SMILES string of the molecule is CCCNC(=O)[C@@H](NC(=O)c1ccc2c(c1)OCO2)C1CCN(C(C)=O)CC1. The van der Waals surface area contributed by atoms with E-state index in [2.05, 4.69) is 10.6 Å². The topological polar surface area (TPSA) is 97.0 Å². The number of hydrogen-bond acceptors (Lipinski definition) is 5. The Hall–Kier alpha value is -2.77. The molecule has 1 aromatic carbocycles. The van der Waals surface area contributed by atoms with Crippen molar-refractivity contribution in [1.29, 1.82) is 0 Å². The Bertz CT molecular complexity index is 743. The Labute approximate surface area is 164 Å². The lowest BCUT2D eigenvalue weighted by Gasteiger charge is -2.35. The predicted molar refractivity (Wildman–Crippen MR) is 102 cm³/mol. The van der Waals surface area contributed by atoms with Gasteiger partial charge in [-0.25, -0.2) is 0 Å². The summed E-state index contributed by atoms with van der Waals surface area (Å²) in [6, 6.07) is 4.33. The van der Waals surface area contributed by atoms with Crippen LogP contribution in [0, 0.1) is 5.92 Å². The normalized spacial score (nSPS) is 17.1. The van der Waals surface area contributed by atoms with Crippen molar-refractivity contribution < 1.29 is 23.9 Å². The summed E-state index contributed by atoms with van der Waals surface area (Å²) in [4.78, 5) is 38.9. The second-order valence-electron chi connectivity index (χ2n) is 7.15. The average Bonchev–Trinajstić information content (AvgIpc) is 3.18. The van der Waals surface area contributed by atoms with Gasteiger partial charge in [0.05, 0.1) is 0 Å². The molecule has 8 heteroatoms. The van der Waals surface area contributed by atoms with Crippen LogP contribution in [0.5, 0.6) is 11.5 Å². The van der Waals surface area contributed by atoms with E-state index in [1.165, 1.54) is 0 Å². The molecule has 0 spiro atoms. The quantitative estimate of drug-likeness (QED) is 0.764. The van der Waals surface area contributed by atoms with Crippen LogP contribution < -0.4 is 20.1 Å². The van der Waals surface area contributed by atoms with Crippen molar-refractivity contribution in [3.8, 4) is 11.5 Å². The molecule has 2 aliphatic rings. The van der Waals surface area contributed by atoms with Crippen LogP contribution in [-0.2, 0) is 9.59 Å². The van der Waals surface area contributed by atoms with E-state index >= 15 is 0 Å². The van der Waals surface area contributed by atoms with Crippen molar-refractivity contribution in [2.45, 2.75) is 39.2 Å². The Morgan fingerprint density at radius 3 is 2.57 bits per heavy atom. The summed E-state index contributed by atoms with van der Waals surface area (Å²) in [6.07, 6.45) is 2.16. The first-order valence-electron chi connectivity index (χ1n) is 9.73. The standard InChI is InChI=1S/C20H27N3O5/c1-3-8-21-20(26)18(14-6-9-23(10-7-14)13(2)24)22-19(25)15-4-5-16-17(11-15)28-12-27-16/h4-5,11,14,18H,3,6-10,12H2,1-2H3,(H,21,26)(H,22,25)/t18-/m0/s1. The van der Waals surface area contributed by atoms with E-state index in [1.807, 2.05) is 6.92 Å². The molecule has 2 heterocycles. The zero-order valence-corrected chi connectivity index (χ0v) is 16.3. The van der Waals surface area contributed by atoms with Crippen molar-refractivity contribution in [2.75, 3.05) is 26.4 Å². The van der Waals surface area contributed by atoms with Gasteiger partial charge in [0.1, 0.15) is 6.04 Å². The number of rotatable bonds is 6. The van der Waals surface area contributed by atoms with E-state index in [0.29, 0.717) is 49.5 Å². The third-order valence-electron chi connectivity index (χ3n) is 5.21. The molecule has 1 aromatic rings. The summed E-state index contributed by atoms with van der Waals surface area (Å²) in [6.45, 7) is 5.41. The number of amides is 3. The molecule has 1 fully saturated rings. The van der Waals surface area contributed by atoms with E-state index < -0.39 is 6.04 Å². The van der Waals surface area contributed by atoms with E-state index in [0.717, 1.165) is 6.42 Å². The number of nitrogens with zero attached hydrogens (tertiary/aromatic N) is 1. The number of likely N-dealkylation sites (tertiary alicyclic amines) is 1. The number of benzene rings is 1. The zero-order valence-electron chi connectivity index (χ0n) is 16.3. The van der Waals surface area contributed by atoms with Crippen LogP contribution in [0.3, 0.4) is 0 Å². The third kappa shape index (κ3) is 4.55. The second kappa shape index (κ2) is 8.95. The Balaban J connectivity index is 1.70. The fourth-order valence-corrected chi connectivity index (χ4v) is 3.57. The Morgan fingerprint density at radius 2 is 1.89 bits per heavy atom. The van der Waals surface area contributed by atoms with Crippen LogP contribution in [0.1, 0.15) is 43.5 Å². The molecule has 0 bridgehead atoms. The molecule has 0 radical (unpaired) electrons. The predicted octanol–water partition coefficient (Wildman–Crippen LogP) is 1.30. The fraction of sp³-hybridized carbons (Fsp3) is 0.550. The van der Waals surface area contributed by atoms with Crippen molar-refractivity contribution in [3.05, 3.63) is 23.8 Å². The maximum absolute atomic E-state index is 12.8. The number of hydrogen-bond donors (Lipinski definition) is 2. The van der Waals surface area contributed by atoms with Crippen LogP contribution in [0.4, 0.5) is 0 Å². The van der Waals surface area contributed by atoms with Gasteiger partial charge < -0.3 is 25.0 Å². The summed E-state index contributed by atoms with van der Waals surface area (Å²) >= 11 is 0. The smallest absolute Gasteiger partial charge is 0.252 e. The van der Waals surface area contributed by atoms with Gasteiger partial charge in [0.25, 0.3) is 5.91 Å². The van der Waals surface area contributed by atoms with Crippen LogP contribution in [0.15, 0.2) is 18.2 Å². The lowest BCUT2D eigenvalue weighted by Crippen LogP contribution is -2.53. The summed E-state index contributed by atoms with van der Waals surface area (Å²) in [5.74, 6) is 0.626. The van der Waals surface area contributed by atoms with Crippen LogP contribution in [0.25, 0.3) is 0 Å². The Morgan fingerprint density at radius 1 is 1.18 bits per heavy atom. The summed E-state index contributed by atoms with van der Waals surface area (Å²) < 4.78 is 10.6. The van der Waals surface area contributed by atoms with E-state index in [4.69, 9.17) is 9.47 Å². The molecule has 152 valence electrons. The van der Waals surface area contributed by atoms with Gasteiger partial charge in [-0.3, -0.25) is 14.4 Å². The van der Waals surface area contributed by atoms with Crippen LogP contribution >= 0.6 is 0 Å². The van der Waals surface area contributed by atoms with E-state index in [1.54, 1.807) is 30.0 Å². The minimum Gasteiger partial charge on any atom is -0.454 e. The maximum atomic E-state index is 12.8. The van der Waals surface area contributed by atoms with Crippen molar-refractivity contribution in [1.82, 2.24) is 15.5 Å². The zero-order chi connectivity index (χ0) is 20.1.